The zero-order valence-corrected chi connectivity index (χ0v) is 15.9. The minimum Gasteiger partial charge on any atom is -0.502 e. The van der Waals surface area contributed by atoms with Gasteiger partial charge in [0.2, 0.25) is 11.7 Å². The maximum absolute atomic E-state index is 12.5. The summed E-state index contributed by atoms with van der Waals surface area (Å²) in [6.07, 6.45) is 1.08. The van der Waals surface area contributed by atoms with Crippen LogP contribution in [0.2, 0.25) is 0 Å². The molecule has 144 valence electrons. The summed E-state index contributed by atoms with van der Waals surface area (Å²) < 4.78 is 0.365. The average Bonchev–Trinajstić information content (AvgIpc) is 3.06. The van der Waals surface area contributed by atoms with Crippen molar-refractivity contribution in [1.29, 1.82) is 0 Å². The van der Waals surface area contributed by atoms with Gasteiger partial charge in [0.05, 0.1) is 11.1 Å². The number of halogens is 1. The van der Waals surface area contributed by atoms with E-state index in [1.54, 1.807) is 0 Å². The van der Waals surface area contributed by atoms with Crippen LogP contribution in [0.15, 0.2) is 52.0 Å². The van der Waals surface area contributed by atoms with Crippen molar-refractivity contribution in [3.8, 4) is 5.75 Å². The van der Waals surface area contributed by atoms with E-state index in [2.05, 4.69) is 31.8 Å². The van der Waals surface area contributed by atoms with Gasteiger partial charge in [-0.15, -0.1) is 0 Å². The van der Waals surface area contributed by atoms with E-state index >= 15 is 0 Å². The maximum Gasteiger partial charge on any atom is 0.312 e. The molecule has 10 heteroatoms. The van der Waals surface area contributed by atoms with Crippen molar-refractivity contribution in [2.24, 2.45) is 11.0 Å². The van der Waals surface area contributed by atoms with Crippen LogP contribution >= 0.6 is 15.9 Å². The molecule has 9 nitrogen and oxygen atoms in total. The Kier molecular flexibility index (Phi) is 5.69. The van der Waals surface area contributed by atoms with E-state index in [1.807, 2.05) is 30.3 Å². The molecular weight excluding hydrogens is 432 g/mol. The molecular formula is C18H15BrN4O5. The van der Waals surface area contributed by atoms with Crippen LogP contribution in [0.5, 0.6) is 5.75 Å². The molecule has 0 saturated carbocycles. The number of hydrogen-bond donors (Lipinski definition) is 3. The van der Waals surface area contributed by atoms with Crippen molar-refractivity contribution in [2.75, 3.05) is 6.54 Å². The van der Waals surface area contributed by atoms with Gasteiger partial charge in [-0.25, -0.2) is 5.43 Å². The lowest BCUT2D eigenvalue weighted by Crippen LogP contribution is -2.34. The number of amides is 2. The first kappa shape index (κ1) is 19.5. The molecule has 1 fully saturated rings. The first-order valence-electron chi connectivity index (χ1n) is 8.21. The fourth-order valence-electron chi connectivity index (χ4n) is 3.01. The highest BCUT2D eigenvalue weighted by Gasteiger charge is 2.40. The summed E-state index contributed by atoms with van der Waals surface area (Å²) >= 11 is 3.11. The van der Waals surface area contributed by atoms with E-state index in [4.69, 9.17) is 0 Å². The number of carbonyl (C=O) groups is 2. The number of benzene rings is 2. The first-order chi connectivity index (χ1) is 13.4. The fraction of sp³-hybridized carbons (Fsp3) is 0.167. The number of carbonyl (C=O) groups excluding carboxylic acids is 2. The summed E-state index contributed by atoms with van der Waals surface area (Å²) in [5.41, 5.74) is 2.66. The Morgan fingerprint density at radius 3 is 2.75 bits per heavy atom. The van der Waals surface area contributed by atoms with Gasteiger partial charge in [-0.2, -0.15) is 5.10 Å². The van der Waals surface area contributed by atoms with Gasteiger partial charge in [-0.05, 0) is 11.6 Å². The third-order valence-corrected chi connectivity index (χ3v) is 4.81. The highest BCUT2D eigenvalue weighted by Crippen LogP contribution is 2.32. The number of nitrogens with zero attached hydrogens (tertiary/aromatic N) is 2. The molecule has 0 aliphatic carbocycles. The van der Waals surface area contributed by atoms with Gasteiger partial charge in [0.1, 0.15) is 5.92 Å². The van der Waals surface area contributed by atoms with Crippen LogP contribution in [0, 0.1) is 16.0 Å². The number of aromatic hydroxyl groups is 1. The number of hydrogen-bond acceptors (Lipinski definition) is 6. The second-order valence-corrected chi connectivity index (χ2v) is 7.01. The van der Waals surface area contributed by atoms with Gasteiger partial charge in [0.15, 0.2) is 0 Å². The summed E-state index contributed by atoms with van der Waals surface area (Å²) in [5, 5.41) is 27.3. The Bertz CT molecular complexity index is 964. The van der Waals surface area contributed by atoms with E-state index < -0.39 is 34.1 Å². The molecule has 0 unspecified atom stereocenters. The quantitative estimate of drug-likeness (QED) is 0.279. The molecule has 0 radical (unpaired) electrons. The molecule has 28 heavy (non-hydrogen) atoms. The van der Waals surface area contributed by atoms with Gasteiger partial charge in [0.25, 0.3) is 5.91 Å². The number of rotatable bonds is 5. The van der Waals surface area contributed by atoms with Crippen molar-refractivity contribution in [1.82, 2.24) is 10.7 Å². The molecule has 3 rings (SSSR count). The van der Waals surface area contributed by atoms with Crippen LogP contribution in [0.25, 0.3) is 0 Å². The second-order valence-electron chi connectivity index (χ2n) is 6.09. The van der Waals surface area contributed by atoms with Gasteiger partial charge >= 0.3 is 5.69 Å². The Morgan fingerprint density at radius 1 is 1.36 bits per heavy atom. The van der Waals surface area contributed by atoms with Crippen molar-refractivity contribution in [3.05, 3.63) is 68.2 Å². The van der Waals surface area contributed by atoms with Crippen LogP contribution in [0.1, 0.15) is 17.0 Å². The van der Waals surface area contributed by atoms with E-state index in [9.17, 15) is 24.8 Å². The van der Waals surface area contributed by atoms with Crippen molar-refractivity contribution >= 4 is 39.6 Å². The van der Waals surface area contributed by atoms with Gasteiger partial charge < -0.3 is 10.4 Å². The highest BCUT2D eigenvalue weighted by molar-refractivity contribution is 9.10. The molecule has 1 aliphatic rings. The van der Waals surface area contributed by atoms with Crippen LogP contribution in [-0.4, -0.2) is 34.6 Å². The Balaban J connectivity index is 1.76. The second kappa shape index (κ2) is 8.17. The molecule has 2 aromatic rings. The lowest BCUT2D eigenvalue weighted by atomic mass is 9.88. The number of nitrogens with one attached hydrogen (secondary N) is 2. The van der Waals surface area contributed by atoms with E-state index in [-0.39, 0.29) is 11.5 Å². The third-order valence-electron chi connectivity index (χ3n) is 4.35. The zero-order valence-electron chi connectivity index (χ0n) is 14.3. The monoisotopic (exact) mass is 446 g/mol. The summed E-state index contributed by atoms with van der Waals surface area (Å²) in [6.45, 7) is 0.337. The molecule has 1 heterocycles. The smallest absolute Gasteiger partial charge is 0.312 e. The normalized spacial score (nSPS) is 18.8. The Morgan fingerprint density at radius 2 is 2.07 bits per heavy atom. The highest BCUT2D eigenvalue weighted by atomic mass is 79.9. The molecule has 3 N–H and O–H groups in total. The number of nitro groups is 1. The van der Waals surface area contributed by atoms with E-state index in [0.29, 0.717) is 11.0 Å². The van der Waals surface area contributed by atoms with Crippen LogP contribution in [0.3, 0.4) is 0 Å². The molecule has 0 aromatic heterocycles. The Labute approximate surface area is 167 Å². The topological polar surface area (TPSA) is 134 Å². The van der Waals surface area contributed by atoms with Crippen LogP contribution in [-0.2, 0) is 9.59 Å². The average molecular weight is 447 g/mol. The standard InChI is InChI=1S/C18H15BrN4O5/c19-12-6-11(16(24)14(7-12)23(27)28)8-21-22-18(26)15-13(9-20-17(15)25)10-4-2-1-3-5-10/h1-8,13,15,24H,9H2,(H,20,25)(H,22,26)/b21-8+/t13-,15-/m0/s1. The number of phenolic OH excluding ortho intramolecular Hbond substituents is 1. The number of nitro benzene ring substituents is 1. The summed E-state index contributed by atoms with van der Waals surface area (Å²) in [5.74, 6) is -2.87. The number of hydrazone groups is 1. The van der Waals surface area contributed by atoms with Crippen molar-refractivity contribution in [3.63, 3.8) is 0 Å². The fourth-order valence-corrected chi connectivity index (χ4v) is 3.47. The van der Waals surface area contributed by atoms with E-state index in [1.165, 1.54) is 6.07 Å². The minimum atomic E-state index is -0.954. The lowest BCUT2D eigenvalue weighted by molar-refractivity contribution is -0.385. The van der Waals surface area contributed by atoms with Crippen LogP contribution in [0.4, 0.5) is 5.69 Å². The minimum absolute atomic E-state index is 0.0388. The molecule has 0 spiro atoms. The SMILES string of the molecule is O=C1NC[C@@H](c2ccccc2)[C@@H]1C(=O)N/N=C/c1cc(Br)cc([N+](=O)[O-])c1O. The van der Waals surface area contributed by atoms with Crippen molar-refractivity contribution in [2.45, 2.75) is 5.92 Å². The van der Waals surface area contributed by atoms with E-state index in [0.717, 1.165) is 17.8 Å². The summed E-state index contributed by atoms with van der Waals surface area (Å²) in [6, 6.07) is 11.7. The summed E-state index contributed by atoms with van der Waals surface area (Å²) in [4.78, 5) is 34.8. The van der Waals surface area contributed by atoms with Crippen LogP contribution < -0.4 is 10.7 Å². The zero-order chi connectivity index (χ0) is 20.3. The molecule has 2 aromatic carbocycles. The predicted molar refractivity (Wildman–Crippen MR) is 104 cm³/mol. The third kappa shape index (κ3) is 4.01. The molecule has 2 atom stereocenters. The van der Waals surface area contributed by atoms with Gasteiger partial charge in [-0.3, -0.25) is 19.7 Å². The predicted octanol–water partition coefficient (Wildman–Crippen LogP) is 2.04. The maximum atomic E-state index is 12.5. The molecule has 0 bridgehead atoms. The van der Waals surface area contributed by atoms with Gasteiger partial charge in [0, 0.05) is 28.6 Å². The van der Waals surface area contributed by atoms with Crippen molar-refractivity contribution < 1.29 is 19.6 Å². The largest absolute Gasteiger partial charge is 0.502 e. The molecule has 1 aliphatic heterocycles. The number of phenols is 1. The lowest BCUT2D eigenvalue weighted by Gasteiger charge is -2.15. The van der Waals surface area contributed by atoms with Gasteiger partial charge in [-0.1, -0.05) is 46.3 Å². The summed E-state index contributed by atoms with van der Waals surface area (Å²) in [7, 11) is 0. The molecule has 1 saturated heterocycles. The molecule has 2 amide bonds. The Hall–Kier alpha value is -3.27. The first-order valence-corrected chi connectivity index (χ1v) is 9.00.